The van der Waals surface area contributed by atoms with Gasteiger partial charge in [-0.25, -0.2) is 4.68 Å². The van der Waals surface area contributed by atoms with Gasteiger partial charge in [0.1, 0.15) is 5.84 Å². The standard InChI is InChI=1S/C11H8ClF3N4/c12-6-2-1-3-7(9(6)10(16)17)19-5-4-8(18-19)11(13,14)15/h1-5H,(H3,16,17). The number of nitrogens with zero attached hydrogens (tertiary/aromatic N) is 2. The molecule has 2 rings (SSSR count). The lowest BCUT2D eigenvalue weighted by Gasteiger charge is -2.10. The van der Waals surface area contributed by atoms with Gasteiger partial charge in [0.25, 0.3) is 0 Å². The van der Waals surface area contributed by atoms with Crippen LogP contribution in [0.25, 0.3) is 5.69 Å². The van der Waals surface area contributed by atoms with Gasteiger partial charge in [-0.1, -0.05) is 17.7 Å². The summed E-state index contributed by atoms with van der Waals surface area (Å²) >= 11 is 5.89. The molecule has 0 spiro atoms. The fraction of sp³-hybridized carbons (Fsp3) is 0.0909. The summed E-state index contributed by atoms with van der Waals surface area (Å²) in [6.45, 7) is 0. The Kier molecular flexibility index (Phi) is 3.23. The van der Waals surface area contributed by atoms with Crippen LogP contribution in [-0.4, -0.2) is 15.6 Å². The maximum atomic E-state index is 12.5. The van der Waals surface area contributed by atoms with Gasteiger partial charge in [-0.2, -0.15) is 18.3 Å². The van der Waals surface area contributed by atoms with E-state index in [0.717, 1.165) is 16.9 Å². The van der Waals surface area contributed by atoms with Gasteiger partial charge in [0.15, 0.2) is 5.69 Å². The van der Waals surface area contributed by atoms with Crippen molar-refractivity contribution in [3.8, 4) is 5.69 Å². The molecule has 0 saturated carbocycles. The molecule has 100 valence electrons. The van der Waals surface area contributed by atoms with Crippen LogP contribution in [0.5, 0.6) is 0 Å². The zero-order valence-corrected chi connectivity index (χ0v) is 10.1. The summed E-state index contributed by atoms with van der Waals surface area (Å²) in [7, 11) is 0. The fourth-order valence-corrected chi connectivity index (χ4v) is 1.85. The average Bonchev–Trinajstić information content (AvgIpc) is 2.76. The van der Waals surface area contributed by atoms with Crippen LogP contribution >= 0.6 is 11.6 Å². The maximum Gasteiger partial charge on any atom is 0.435 e. The molecular weight excluding hydrogens is 281 g/mol. The number of benzene rings is 1. The van der Waals surface area contributed by atoms with Crippen molar-refractivity contribution in [1.29, 1.82) is 5.41 Å². The Morgan fingerprint density at radius 1 is 1.32 bits per heavy atom. The highest BCUT2D eigenvalue weighted by Gasteiger charge is 2.33. The van der Waals surface area contributed by atoms with E-state index in [1.165, 1.54) is 12.1 Å². The van der Waals surface area contributed by atoms with Crippen LogP contribution in [0.1, 0.15) is 11.3 Å². The molecule has 0 radical (unpaired) electrons. The van der Waals surface area contributed by atoms with Gasteiger partial charge in [-0.05, 0) is 18.2 Å². The number of nitrogens with one attached hydrogen (secondary N) is 1. The van der Waals surface area contributed by atoms with Crippen LogP contribution in [-0.2, 0) is 6.18 Å². The van der Waals surface area contributed by atoms with E-state index in [1.807, 2.05) is 0 Å². The first kappa shape index (κ1) is 13.4. The van der Waals surface area contributed by atoms with Crippen LogP contribution < -0.4 is 5.73 Å². The van der Waals surface area contributed by atoms with Crippen molar-refractivity contribution in [2.75, 3.05) is 0 Å². The molecule has 19 heavy (non-hydrogen) atoms. The molecule has 1 heterocycles. The van der Waals surface area contributed by atoms with Gasteiger partial charge in [0, 0.05) is 6.20 Å². The lowest BCUT2D eigenvalue weighted by Crippen LogP contribution is -2.16. The van der Waals surface area contributed by atoms with Crippen molar-refractivity contribution in [2.24, 2.45) is 5.73 Å². The van der Waals surface area contributed by atoms with Gasteiger partial charge >= 0.3 is 6.18 Å². The Morgan fingerprint density at radius 3 is 2.53 bits per heavy atom. The number of nitrogens with two attached hydrogens (primary N) is 1. The topological polar surface area (TPSA) is 67.7 Å². The van der Waals surface area contributed by atoms with Crippen LogP contribution in [0.4, 0.5) is 13.2 Å². The monoisotopic (exact) mass is 288 g/mol. The Balaban J connectivity index is 2.57. The first-order valence-corrected chi connectivity index (χ1v) is 5.44. The van der Waals surface area contributed by atoms with E-state index >= 15 is 0 Å². The van der Waals surface area contributed by atoms with E-state index in [2.05, 4.69) is 5.10 Å². The predicted octanol–water partition coefficient (Wildman–Crippen LogP) is 2.83. The van der Waals surface area contributed by atoms with Crippen molar-refractivity contribution in [3.05, 3.63) is 46.7 Å². The number of aromatic nitrogens is 2. The second-order valence-corrected chi connectivity index (χ2v) is 4.10. The summed E-state index contributed by atoms with van der Waals surface area (Å²) < 4.78 is 38.5. The van der Waals surface area contributed by atoms with Crippen molar-refractivity contribution < 1.29 is 13.2 Å². The molecule has 0 saturated heterocycles. The predicted molar refractivity (Wildman–Crippen MR) is 64.6 cm³/mol. The molecule has 0 unspecified atom stereocenters. The van der Waals surface area contributed by atoms with Gasteiger partial charge < -0.3 is 5.73 Å². The molecule has 8 heteroatoms. The quantitative estimate of drug-likeness (QED) is 0.659. The summed E-state index contributed by atoms with van der Waals surface area (Å²) in [5.41, 5.74) is 4.71. The summed E-state index contributed by atoms with van der Waals surface area (Å²) in [5.74, 6) is -0.343. The molecule has 0 aliphatic rings. The first-order chi connectivity index (χ1) is 8.80. The largest absolute Gasteiger partial charge is 0.435 e. The van der Waals surface area contributed by atoms with E-state index < -0.39 is 11.9 Å². The van der Waals surface area contributed by atoms with Crippen molar-refractivity contribution in [1.82, 2.24) is 9.78 Å². The van der Waals surface area contributed by atoms with E-state index in [-0.39, 0.29) is 22.1 Å². The highest BCUT2D eigenvalue weighted by molar-refractivity contribution is 6.34. The summed E-state index contributed by atoms with van der Waals surface area (Å²) in [6.07, 6.45) is -3.39. The number of alkyl halides is 3. The zero-order valence-electron chi connectivity index (χ0n) is 9.37. The minimum absolute atomic E-state index is 0.140. The number of hydrogen-bond donors (Lipinski definition) is 2. The Labute approximate surface area is 111 Å². The molecular formula is C11H8ClF3N4. The minimum Gasteiger partial charge on any atom is -0.384 e. The van der Waals surface area contributed by atoms with Crippen molar-refractivity contribution in [2.45, 2.75) is 6.18 Å². The van der Waals surface area contributed by atoms with Gasteiger partial charge in [-0.15, -0.1) is 0 Å². The molecule has 0 bridgehead atoms. The summed E-state index contributed by atoms with van der Waals surface area (Å²) in [6, 6.07) is 5.36. The molecule has 0 aliphatic heterocycles. The smallest absolute Gasteiger partial charge is 0.384 e. The maximum absolute atomic E-state index is 12.5. The van der Waals surface area contributed by atoms with E-state index in [4.69, 9.17) is 22.7 Å². The second-order valence-electron chi connectivity index (χ2n) is 3.69. The molecule has 3 N–H and O–H groups in total. The molecule has 0 amide bonds. The van der Waals surface area contributed by atoms with Gasteiger partial charge in [-0.3, -0.25) is 5.41 Å². The third kappa shape index (κ3) is 2.55. The fourth-order valence-electron chi connectivity index (χ4n) is 1.58. The lowest BCUT2D eigenvalue weighted by atomic mass is 10.1. The van der Waals surface area contributed by atoms with Crippen LogP contribution in [0.3, 0.4) is 0 Å². The summed E-state index contributed by atoms with van der Waals surface area (Å²) in [4.78, 5) is 0. The molecule has 1 aromatic heterocycles. The van der Waals surface area contributed by atoms with Crippen molar-refractivity contribution in [3.63, 3.8) is 0 Å². The van der Waals surface area contributed by atoms with Gasteiger partial charge in [0.2, 0.25) is 0 Å². The zero-order chi connectivity index (χ0) is 14.2. The molecule has 4 nitrogen and oxygen atoms in total. The molecule has 0 aliphatic carbocycles. The highest BCUT2D eigenvalue weighted by Crippen LogP contribution is 2.29. The van der Waals surface area contributed by atoms with Crippen LogP contribution in [0.15, 0.2) is 30.5 Å². The van der Waals surface area contributed by atoms with Crippen molar-refractivity contribution >= 4 is 17.4 Å². The molecule has 2 aromatic rings. The van der Waals surface area contributed by atoms with E-state index in [1.54, 1.807) is 6.07 Å². The third-order valence-corrected chi connectivity index (χ3v) is 2.70. The number of amidine groups is 1. The number of nitrogen functional groups attached to an aromatic ring is 1. The molecule has 1 aromatic carbocycles. The summed E-state index contributed by atoms with van der Waals surface area (Å²) in [5, 5.41) is 11.0. The molecule has 0 fully saturated rings. The van der Waals surface area contributed by atoms with E-state index in [9.17, 15) is 13.2 Å². The first-order valence-electron chi connectivity index (χ1n) is 5.07. The Bertz CT molecular complexity index is 633. The second kappa shape index (κ2) is 4.58. The lowest BCUT2D eigenvalue weighted by molar-refractivity contribution is -0.141. The number of hydrogen-bond acceptors (Lipinski definition) is 2. The average molecular weight is 289 g/mol. The van der Waals surface area contributed by atoms with Crippen LogP contribution in [0, 0.1) is 5.41 Å². The van der Waals surface area contributed by atoms with Crippen LogP contribution in [0.2, 0.25) is 5.02 Å². The normalized spacial score (nSPS) is 11.6. The minimum atomic E-state index is -4.53. The van der Waals surface area contributed by atoms with E-state index in [0.29, 0.717) is 0 Å². The highest BCUT2D eigenvalue weighted by atomic mass is 35.5. The number of rotatable bonds is 2. The number of halogens is 4. The Morgan fingerprint density at radius 2 is 2.00 bits per heavy atom. The Hall–Kier alpha value is -2.02. The SMILES string of the molecule is N=C(N)c1c(Cl)cccc1-n1ccc(C(F)(F)F)n1. The molecule has 0 atom stereocenters. The van der Waals surface area contributed by atoms with Gasteiger partial charge in [0.05, 0.1) is 16.3 Å². The third-order valence-electron chi connectivity index (χ3n) is 2.39.